The quantitative estimate of drug-likeness (QED) is 0.346. The number of amides is 4. The van der Waals surface area contributed by atoms with Crippen LogP contribution in [-0.2, 0) is 5.66 Å². The summed E-state index contributed by atoms with van der Waals surface area (Å²) in [5.74, 6) is -6.14. The summed E-state index contributed by atoms with van der Waals surface area (Å²) < 4.78 is 0. The van der Waals surface area contributed by atoms with Crippen molar-refractivity contribution < 1.29 is 39.0 Å². The zero-order valence-corrected chi connectivity index (χ0v) is 21.0. The van der Waals surface area contributed by atoms with Gasteiger partial charge in [0.25, 0.3) is 23.6 Å². The first-order valence-electron chi connectivity index (χ1n) is 12.3. The number of carbonyl (C=O) groups excluding carboxylic acids is 4. The third-order valence-electron chi connectivity index (χ3n) is 7.27. The average Bonchev–Trinajstić information content (AvgIpc) is 3.39. The number of hydrogen-bond donors (Lipinski definition) is 2. The van der Waals surface area contributed by atoms with Crippen molar-refractivity contribution in [2.24, 2.45) is 0 Å². The van der Waals surface area contributed by atoms with E-state index < -0.39 is 41.2 Å². The van der Waals surface area contributed by atoms with Gasteiger partial charge in [-0.15, -0.1) is 0 Å². The maximum atomic E-state index is 14.1. The van der Waals surface area contributed by atoms with E-state index >= 15 is 0 Å². The van der Waals surface area contributed by atoms with Crippen LogP contribution < -0.4 is 0 Å². The van der Waals surface area contributed by atoms with Crippen LogP contribution in [0.2, 0.25) is 0 Å². The van der Waals surface area contributed by atoms with Crippen LogP contribution in [0.5, 0.6) is 0 Å². The fourth-order valence-electron chi connectivity index (χ4n) is 5.46. The Morgan fingerprint density at radius 3 is 1.17 bits per heavy atom. The van der Waals surface area contributed by atoms with Gasteiger partial charge in [0.2, 0.25) is 0 Å². The molecule has 0 aliphatic carbocycles. The lowest BCUT2D eigenvalue weighted by Crippen LogP contribution is -2.62. The summed E-state index contributed by atoms with van der Waals surface area (Å²) in [6.07, 6.45) is 0. The SMILES string of the molecule is O=C(O)c1ccc2c(c1)C(=O)N(C(c1ccccc1)(c1ccccc1)N1C(=O)c3ccc(C(=O)O)cc3C1=O)C2=O. The molecule has 4 amide bonds. The van der Waals surface area contributed by atoms with Crippen molar-refractivity contribution >= 4 is 35.6 Å². The lowest BCUT2D eigenvalue weighted by molar-refractivity contribution is 0.00337. The molecule has 0 radical (unpaired) electrons. The van der Waals surface area contributed by atoms with Crippen molar-refractivity contribution in [1.82, 2.24) is 9.80 Å². The molecule has 2 aliphatic heterocycles. The Hall–Kier alpha value is -5.90. The lowest BCUT2D eigenvalue weighted by Gasteiger charge is -2.46. The van der Waals surface area contributed by atoms with Gasteiger partial charge in [-0.3, -0.25) is 19.2 Å². The van der Waals surface area contributed by atoms with Gasteiger partial charge in [0.05, 0.1) is 33.4 Å². The van der Waals surface area contributed by atoms with Crippen molar-refractivity contribution in [2.75, 3.05) is 0 Å². The largest absolute Gasteiger partial charge is 0.478 e. The van der Waals surface area contributed by atoms with Crippen molar-refractivity contribution in [3.8, 4) is 0 Å². The van der Waals surface area contributed by atoms with Crippen molar-refractivity contribution in [1.29, 1.82) is 0 Å². The topological polar surface area (TPSA) is 149 Å². The molecule has 4 aromatic carbocycles. The lowest BCUT2D eigenvalue weighted by atomic mass is 9.87. The number of rotatable bonds is 6. The molecule has 0 saturated heterocycles. The zero-order valence-electron chi connectivity index (χ0n) is 21.0. The Balaban J connectivity index is 1.67. The van der Waals surface area contributed by atoms with Crippen LogP contribution in [0.25, 0.3) is 0 Å². The summed E-state index contributed by atoms with van der Waals surface area (Å²) in [4.78, 5) is 81.4. The first-order chi connectivity index (χ1) is 19.7. The highest BCUT2D eigenvalue weighted by Crippen LogP contribution is 2.47. The third-order valence-corrected chi connectivity index (χ3v) is 7.27. The standard InChI is InChI=1S/C31H18N2O8/c34-25-21-13-11-17(29(38)39)15-23(21)27(36)32(25)31(19-7-3-1-4-8-19,20-9-5-2-6-10-20)33-26(35)22-14-12-18(30(40)41)16-24(22)28(33)37/h1-16H,(H,38,39)(H,40,41). The predicted molar refractivity (Wildman–Crippen MR) is 141 cm³/mol. The van der Waals surface area contributed by atoms with E-state index in [2.05, 4.69) is 0 Å². The number of carboxylic acid groups (broad SMARTS) is 2. The number of carboxylic acids is 2. The molecule has 0 saturated carbocycles. The van der Waals surface area contributed by atoms with Crippen molar-refractivity contribution in [3.63, 3.8) is 0 Å². The van der Waals surface area contributed by atoms with Crippen LogP contribution in [0.4, 0.5) is 0 Å². The molecule has 6 rings (SSSR count). The molecule has 0 unspecified atom stereocenters. The summed E-state index contributed by atoms with van der Waals surface area (Å²) in [6, 6.07) is 23.1. The van der Waals surface area contributed by atoms with E-state index in [-0.39, 0.29) is 44.5 Å². The molecule has 200 valence electrons. The molecule has 0 atom stereocenters. The Bertz CT molecular complexity index is 1700. The minimum absolute atomic E-state index is 0.0963. The Morgan fingerprint density at radius 1 is 0.488 bits per heavy atom. The maximum absolute atomic E-state index is 14.1. The van der Waals surface area contributed by atoms with E-state index in [9.17, 15) is 39.0 Å². The van der Waals surface area contributed by atoms with E-state index in [1.807, 2.05) is 0 Å². The summed E-state index contributed by atoms with van der Waals surface area (Å²) >= 11 is 0. The molecule has 10 heteroatoms. The highest BCUT2D eigenvalue weighted by molar-refractivity contribution is 6.26. The van der Waals surface area contributed by atoms with Gasteiger partial charge in [-0.05, 0) is 36.4 Å². The zero-order chi connectivity index (χ0) is 29.1. The Kier molecular flexibility index (Phi) is 5.63. The summed E-state index contributed by atoms with van der Waals surface area (Å²) in [6.45, 7) is 0. The van der Waals surface area contributed by atoms with Gasteiger partial charge in [0.1, 0.15) is 0 Å². The van der Waals surface area contributed by atoms with Crippen LogP contribution >= 0.6 is 0 Å². The van der Waals surface area contributed by atoms with Crippen LogP contribution in [0.3, 0.4) is 0 Å². The predicted octanol–water partition coefficient (Wildman–Crippen LogP) is 3.88. The molecule has 2 N–H and O–H groups in total. The van der Waals surface area contributed by atoms with E-state index in [0.29, 0.717) is 0 Å². The van der Waals surface area contributed by atoms with Gasteiger partial charge >= 0.3 is 11.9 Å². The second kappa shape index (κ2) is 9.09. The first kappa shape index (κ1) is 25.4. The van der Waals surface area contributed by atoms with Gasteiger partial charge in [-0.2, -0.15) is 0 Å². The number of hydrogen-bond acceptors (Lipinski definition) is 6. The summed E-state index contributed by atoms with van der Waals surface area (Å²) in [5.41, 5.74) is -2.78. The van der Waals surface area contributed by atoms with E-state index in [4.69, 9.17) is 0 Å². The van der Waals surface area contributed by atoms with Gasteiger partial charge in [0, 0.05) is 11.1 Å². The van der Waals surface area contributed by atoms with Gasteiger partial charge in [-0.25, -0.2) is 19.4 Å². The highest BCUT2D eigenvalue weighted by Gasteiger charge is 2.60. The molecule has 0 bridgehead atoms. The van der Waals surface area contributed by atoms with Crippen LogP contribution in [-0.4, -0.2) is 55.6 Å². The fourth-order valence-corrected chi connectivity index (χ4v) is 5.46. The number of imide groups is 2. The van der Waals surface area contributed by atoms with Gasteiger partial charge in [-0.1, -0.05) is 60.7 Å². The molecule has 2 aliphatic rings. The molecule has 4 aromatic rings. The van der Waals surface area contributed by atoms with E-state index in [1.54, 1.807) is 60.7 Å². The molecule has 41 heavy (non-hydrogen) atoms. The number of benzene rings is 4. The monoisotopic (exact) mass is 546 g/mol. The van der Waals surface area contributed by atoms with Crippen LogP contribution in [0.15, 0.2) is 97.1 Å². The molecule has 0 aromatic heterocycles. The highest BCUT2D eigenvalue weighted by atomic mass is 16.4. The van der Waals surface area contributed by atoms with Crippen LogP contribution in [0, 0.1) is 0 Å². The fraction of sp³-hybridized carbons (Fsp3) is 0.0323. The van der Waals surface area contributed by atoms with Gasteiger partial charge in [0.15, 0.2) is 5.66 Å². The molecule has 10 nitrogen and oxygen atoms in total. The van der Waals surface area contributed by atoms with Crippen molar-refractivity contribution in [2.45, 2.75) is 5.66 Å². The second-order valence-corrected chi connectivity index (χ2v) is 9.43. The maximum Gasteiger partial charge on any atom is 0.335 e. The second-order valence-electron chi connectivity index (χ2n) is 9.43. The normalized spacial score (nSPS) is 14.3. The molecular formula is C31H18N2O8. The van der Waals surface area contributed by atoms with Crippen molar-refractivity contribution in [3.05, 3.63) is 142 Å². The molecule has 0 spiro atoms. The molecular weight excluding hydrogens is 528 g/mol. The number of fused-ring (bicyclic) bond motifs is 2. The van der Waals surface area contributed by atoms with Gasteiger partial charge < -0.3 is 10.2 Å². The summed E-state index contributed by atoms with van der Waals surface area (Å²) in [5, 5.41) is 19.0. The van der Waals surface area contributed by atoms with E-state index in [0.717, 1.165) is 21.9 Å². The smallest absolute Gasteiger partial charge is 0.335 e. The number of nitrogens with zero attached hydrogens (tertiary/aromatic N) is 2. The molecule has 2 heterocycles. The Morgan fingerprint density at radius 2 is 0.829 bits per heavy atom. The first-order valence-corrected chi connectivity index (χ1v) is 12.3. The minimum atomic E-state index is -2.17. The van der Waals surface area contributed by atoms with Crippen LogP contribution in [0.1, 0.15) is 73.3 Å². The third kappa shape index (κ3) is 3.51. The van der Waals surface area contributed by atoms with E-state index in [1.165, 1.54) is 24.3 Å². The Labute approximate surface area is 231 Å². The molecule has 0 fully saturated rings. The number of carbonyl (C=O) groups is 6. The minimum Gasteiger partial charge on any atom is -0.478 e. The summed E-state index contributed by atoms with van der Waals surface area (Å²) in [7, 11) is 0. The average molecular weight is 546 g/mol. The number of aromatic carboxylic acids is 2.